The summed E-state index contributed by atoms with van der Waals surface area (Å²) in [5.74, 6) is 0.555. The van der Waals surface area contributed by atoms with Gasteiger partial charge < -0.3 is 9.73 Å². The summed E-state index contributed by atoms with van der Waals surface area (Å²) < 4.78 is 5.42. The van der Waals surface area contributed by atoms with Gasteiger partial charge in [0.1, 0.15) is 5.76 Å². The van der Waals surface area contributed by atoms with Gasteiger partial charge in [0.05, 0.1) is 17.9 Å². The standard InChI is InChI=1S/C24H23NO2/c1-17(20-13-12-18-9-5-10-21(18)15-20)25-24(26)23(16-22-11-6-14-27-22)19-7-3-2-4-8-19/h2-4,6-8,11-17H,5,9-10H2,1H3,(H,25,26)/b23-16+. The molecule has 1 amide bonds. The van der Waals surface area contributed by atoms with Crippen LogP contribution in [0.3, 0.4) is 0 Å². The molecule has 27 heavy (non-hydrogen) atoms. The lowest BCUT2D eigenvalue weighted by Gasteiger charge is -2.17. The van der Waals surface area contributed by atoms with Gasteiger partial charge in [0, 0.05) is 0 Å². The summed E-state index contributed by atoms with van der Waals surface area (Å²) in [5.41, 5.74) is 5.48. The van der Waals surface area contributed by atoms with Crippen LogP contribution < -0.4 is 5.32 Å². The summed E-state index contributed by atoms with van der Waals surface area (Å²) in [6, 6.07) is 19.9. The highest BCUT2D eigenvalue weighted by atomic mass is 16.3. The van der Waals surface area contributed by atoms with Gasteiger partial charge in [-0.25, -0.2) is 0 Å². The molecule has 0 bridgehead atoms. The number of fused-ring (bicyclic) bond motifs is 1. The Balaban J connectivity index is 1.58. The van der Waals surface area contributed by atoms with E-state index in [0.717, 1.165) is 17.5 Å². The quantitative estimate of drug-likeness (QED) is 0.639. The summed E-state index contributed by atoms with van der Waals surface area (Å²) in [7, 11) is 0. The van der Waals surface area contributed by atoms with E-state index in [0.29, 0.717) is 11.3 Å². The average molecular weight is 357 g/mol. The Morgan fingerprint density at radius 3 is 2.63 bits per heavy atom. The molecule has 2 aromatic carbocycles. The fraction of sp³-hybridized carbons (Fsp3) is 0.208. The van der Waals surface area contributed by atoms with Gasteiger partial charge in [0.15, 0.2) is 0 Å². The Hall–Kier alpha value is -3.07. The van der Waals surface area contributed by atoms with Gasteiger partial charge in [-0.3, -0.25) is 4.79 Å². The van der Waals surface area contributed by atoms with Crippen molar-refractivity contribution in [3.05, 3.63) is 94.9 Å². The molecule has 0 saturated carbocycles. The zero-order valence-corrected chi connectivity index (χ0v) is 15.4. The first-order valence-corrected chi connectivity index (χ1v) is 9.44. The molecule has 3 aromatic rings. The van der Waals surface area contributed by atoms with Crippen molar-refractivity contribution in [3.8, 4) is 0 Å². The minimum atomic E-state index is -0.106. The van der Waals surface area contributed by atoms with E-state index >= 15 is 0 Å². The molecule has 1 atom stereocenters. The Morgan fingerprint density at radius 2 is 1.85 bits per heavy atom. The monoisotopic (exact) mass is 357 g/mol. The second-order valence-corrected chi connectivity index (χ2v) is 7.02. The topological polar surface area (TPSA) is 42.2 Å². The minimum Gasteiger partial charge on any atom is -0.465 e. The fourth-order valence-corrected chi connectivity index (χ4v) is 3.63. The molecular formula is C24H23NO2. The molecule has 136 valence electrons. The summed E-state index contributed by atoms with van der Waals surface area (Å²) >= 11 is 0. The number of carbonyl (C=O) groups excluding carboxylic acids is 1. The molecule has 4 rings (SSSR count). The van der Waals surface area contributed by atoms with Gasteiger partial charge >= 0.3 is 0 Å². The smallest absolute Gasteiger partial charge is 0.252 e. The first-order chi connectivity index (χ1) is 13.2. The van der Waals surface area contributed by atoms with Gasteiger partial charge in [-0.05, 0) is 66.6 Å². The van der Waals surface area contributed by atoms with E-state index in [1.807, 2.05) is 49.4 Å². The largest absolute Gasteiger partial charge is 0.465 e. The average Bonchev–Trinajstić information content (AvgIpc) is 3.37. The SMILES string of the molecule is CC(NC(=O)/C(=C/c1ccco1)c1ccccc1)c1ccc2c(c1)CCC2. The molecule has 1 N–H and O–H groups in total. The Morgan fingerprint density at radius 1 is 1.04 bits per heavy atom. The van der Waals surface area contributed by atoms with Gasteiger partial charge in [-0.2, -0.15) is 0 Å². The van der Waals surface area contributed by atoms with Crippen LogP contribution in [0.1, 0.15) is 47.4 Å². The zero-order valence-electron chi connectivity index (χ0n) is 15.4. The van der Waals surface area contributed by atoms with Gasteiger partial charge in [-0.15, -0.1) is 0 Å². The number of furan rings is 1. The Kier molecular flexibility index (Phi) is 4.93. The van der Waals surface area contributed by atoms with E-state index in [-0.39, 0.29) is 11.9 Å². The van der Waals surface area contributed by atoms with E-state index in [9.17, 15) is 4.79 Å². The zero-order chi connectivity index (χ0) is 18.6. The van der Waals surface area contributed by atoms with Crippen LogP contribution >= 0.6 is 0 Å². The second-order valence-electron chi connectivity index (χ2n) is 7.02. The highest BCUT2D eigenvalue weighted by Gasteiger charge is 2.18. The lowest BCUT2D eigenvalue weighted by molar-refractivity contribution is -0.116. The summed E-state index contributed by atoms with van der Waals surface area (Å²) in [5, 5.41) is 3.15. The van der Waals surface area contributed by atoms with Crippen LogP contribution in [-0.4, -0.2) is 5.91 Å². The third-order valence-corrected chi connectivity index (χ3v) is 5.13. The maximum Gasteiger partial charge on any atom is 0.252 e. The van der Waals surface area contributed by atoms with E-state index < -0.39 is 0 Å². The number of hydrogen-bond acceptors (Lipinski definition) is 2. The third kappa shape index (κ3) is 3.87. The van der Waals surface area contributed by atoms with E-state index in [2.05, 4.69) is 23.5 Å². The number of carbonyl (C=O) groups is 1. The van der Waals surface area contributed by atoms with Crippen molar-refractivity contribution in [2.24, 2.45) is 0 Å². The van der Waals surface area contributed by atoms with Crippen LogP contribution in [0.5, 0.6) is 0 Å². The molecule has 1 unspecified atom stereocenters. The van der Waals surface area contributed by atoms with Gasteiger partial charge in [-0.1, -0.05) is 48.5 Å². The number of nitrogens with one attached hydrogen (secondary N) is 1. The van der Waals surface area contributed by atoms with Crippen molar-refractivity contribution >= 4 is 17.6 Å². The highest BCUT2D eigenvalue weighted by Crippen LogP contribution is 2.26. The van der Waals surface area contributed by atoms with Crippen LogP contribution in [0.15, 0.2) is 71.3 Å². The van der Waals surface area contributed by atoms with E-state index in [1.54, 1.807) is 12.3 Å². The molecule has 1 aliphatic rings. The van der Waals surface area contributed by atoms with Crippen LogP contribution in [0.4, 0.5) is 0 Å². The van der Waals surface area contributed by atoms with Gasteiger partial charge in [0.2, 0.25) is 0 Å². The van der Waals surface area contributed by atoms with Crippen molar-refractivity contribution in [2.45, 2.75) is 32.2 Å². The molecule has 0 aliphatic heterocycles. The molecule has 0 saturated heterocycles. The molecular weight excluding hydrogens is 334 g/mol. The molecule has 1 aromatic heterocycles. The predicted octanol–water partition coefficient (Wildman–Crippen LogP) is 5.19. The first kappa shape index (κ1) is 17.3. The molecule has 0 fully saturated rings. The highest BCUT2D eigenvalue weighted by molar-refractivity contribution is 6.24. The lowest BCUT2D eigenvalue weighted by atomic mass is 10.0. The number of rotatable bonds is 5. The van der Waals surface area contributed by atoms with Crippen LogP contribution in [-0.2, 0) is 17.6 Å². The van der Waals surface area contributed by atoms with E-state index in [4.69, 9.17) is 4.42 Å². The summed E-state index contributed by atoms with van der Waals surface area (Å²) in [6.07, 6.45) is 6.93. The summed E-state index contributed by atoms with van der Waals surface area (Å²) in [6.45, 7) is 2.03. The molecule has 1 aliphatic carbocycles. The number of amides is 1. The molecule has 0 spiro atoms. The lowest BCUT2D eigenvalue weighted by Crippen LogP contribution is -2.27. The van der Waals surface area contributed by atoms with Crippen LogP contribution in [0, 0.1) is 0 Å². The van der Waals surface area contributed by atoms with Crippen LogP contribution in [0.25, 0.3) is 11.6 Å². The third-order valence-electron chi connectivity index (χ3n) is 5.13. The van der Waals surface area contributed by atoms with Crippen molar-refractivity contribution in [1.29, 1.82) is 0 Å². The second kappa shape index (κ2) is 7.67. The van der Waals surface area contributed by atoms with Crippen LogP contribution in [0.2, 0.25) is 0 Å². The van der Waals surface area contributed by atoms with Crippen molar-refractivity contribution in [2.75, 3.05) is 0 Å². The van der Waals surface area contributed by atoms with Crippen molar-refractivity contribution in [3.63, 3.8) is 0 Å². The summed E-state index contributed by atoms with van der Waals surface area (Å²) in [4.78, 5) is 13.1. The fourth-order valence-electron chi connectivity index (χ4n) is 3.63. The number of aryl methyl sites for hydroxylation is 2. The molecule has 0 radical (unpaired) electrons. The number of hydrogen-bond donors (Lipinski definition) is 1. The molecule has 3 nitrogen and oxygen atoms in total. The molecule has 3 heteroatoms. The Labute approximate surface area is 159 Å². The minimum absolute atomic E-state index is 0.0629. The maximum atomic E-state index is 13.1. The number of benzene rings is 2. The van der Waals surface area contributed by atoms with E-state index in [1.165, 1.54) is 24.0 Å². The van der Waals surface area contributed by atoms with Crippen molar-refractivity contribution in [1.82, 2.24) is 5.32 Å². The normalized spacial score (nSPS) is 14.6. The van der Waals surface area contributed by atoms with Crippen molar-refractivity contribution < 1.29 is 9.21 Å². The predicted molar refractivity (Wildman–Crippen MR) is 108 cm³/mol. The molecule has 1 heterocycles. The Bertz CT molecular complexity index is 955. The van der Waals surface area contributed by atoms with Gasteiger partial charge in [0.25, 0.3) is 5.91 Å². The maximum absolute atomic E-state index is 13.1. The first-order valence-electron chi connectivity index (χ1n) is 9.44.